The summed E-state index contributed by atoms with van der Waals surface area (Å²) in [5, 5.41) is 2.82. The van der Waals surface area contributed by atoms with E-state index in [2.05, 4.69) is 22.3 Å². The van der Waals surface area contributed by atoms with E-state index >= 15 is 0 Å². The summed E-state index contributed by atoms with van der Waals surface area (Å²) in [6.45, 7) is 5.91. The Morgan fingerprint density at radius 3 is 2.65 bits per heavy atom. The molecular weight excluding hydrogens is 292 g/mol. The first kappa shape index (κ1) is 17.5. The third-order valence-corrected chi connectivity index (χ3v) is 4.26. The highest BCUT2D eigenvalue weighted by Gasteiger charge is 2.34. The second-order valence-electron chi connectivity index (χ2n) is 6.67. The fraction of sp³-hybridized carbons (Fsp3) is 0.556. The number of carbonyl (C=O) groups is 2. The summed E-state index contributed by atoms with van der Waals surface area (Å²) in [4.78, 5) is 26.5. The number of likely N-dealkylation sites (tertiary alicyclic amines) is 1. The monoisotopic (exact) mass is 318 g/mol. The fourth-order valence-electron chi connectivity index (χ4n) is 2.97. The molecule has 1 N–H and O–H groups in total. The lowest BCUT2D eigenvalue weighted by molar-refractivity contribution is -0.150. The van der Waals surface area contributed by atoms with Crippen molar-refractivity contribution >= 4 is 11.9 Å². The van der Waals surface area contributed by atoms with Crippen molar-refractivity contribution in [3.63, 3.8) is 0 Å². The Labute approximate surface area is 138 Å². The SMILES string of the molecule is COC(=O)C(C)(C)NC(=O)[C@@H]1CCCN(Cc2ccccc2)C1. The van der Waals surface area contributed by atoms with Gasteiger partial charge in [0.2, 0.25) is 5.91 Å². The Morgan fingerprint density at radius 2 is 2.00 bits per heavy atom. The molecule has 0 radical (unpaired) electrons. The minimum atomic E-state index is -0.993. The van der Waals surface area contributed by atoms with Crippen LogP contribution in [0.25, 0.3) is 0 Å². The van der Waals surface area contributed by atoms with Gasteiger partial charge in [0, 0.05) is 13.1 Å². The van der Waals surface area contributed by atoms with Crippen molar-refractivity contribution in [2.24, 2.45) is 5.92 Å². The number of carbonyl (C=O) groups excluding carboxylic acids is 2. The van der Waals surface area contributed by atoms with E-state index < -0.39 is 11.5 Å². The molecule has 1 heterocycles. The van der Waals surface area contributed by atoms with Crippen molar-refractivity contribution in [3.8, 4) is 0 Å². The standard InChI is InChI=1S/C18H26N2O3/c1-18(2,17(22)23-3)19-16(21)15-10-7-11-20(13-15)12-14-8-5-4-6-9-14/h4-6,8-9,15H,7,10-13H2,1-3H3,(H,19,21)/t15-/m1/s1. The molecule has 0 unspecified atom stereocenters. The van der Waals surface area contributed by atoms with E-state index in [0.29, 0.717) is 0 Å². The number of esters is 1. The third kappa shape index (κ3) is 4.79. The predicted octanol–water partition coefficient (Wildman–Crippen LogP) is 1.97. The average Bonchev–Trinajstić information content (AvgIpc) is 2.54. The van der Waals surface area contributed by atoms with Gasteiger partial charge in [0.25, 0.3) is 0 Å². The van der Waals surface area contributed by atoms with Crippen LogP contribution in [0.5, 0.6) is 0 Å². The lowest BCUT2D eigenvalue weighted by atomic mass is 9.95. The summed E-state index contributed by atoms with van der Waals surface area (Å²) < 4.78 is 4.74. The molecule has 1 fully saturated rings. The summed E-state index contributed by atoms with van der Waals surface area (Å²) in [7, 11) is 1.33. The topological polar surface area (TPSA) is 58.6 Å². The minimum absolute atomic E-state index is 0.0711. The van der Waals surface area contributed by atoms with Crippen LogP contribution in [0.2, 0.25) is 0 Å². The van der Waals surface area contributed by atoms with Gasteiger partial charge >= 0.3 is 5.97 Å². The van der Waals surface area contributed by atoms with E-state index in [0.717, 1.165) is 32.5 Å². The number of nitrogens with zero attached hydrogens (tertiary/aromatic N) is 1. The number of benzene rings is 1. The maximum Gasteiger partial charge on any atom is 0.330 e. The van der Waals surface area contributed by atoms with E-state index in [1.807, 2.05) is 18.2 Å². The van der Waals surface area contributed by atoms with Gasteiger partial charge in [0.05, 0.1) is 13.0 Å². The van der Waals surface area contributed by atoms with E-state index in [-0.39, 0.29) is 11.8 Å². The summed E-state index contributed by atoms with van der Waals surface area (Å²) in [6, 6.07) is 10.3. The van der Waals surface area contributed by atoms with E-state index in [1.165, 1.54) is 12.7 Å². The normalized spacial score (nSPS) is 19.2. The zero-order valence-corrected chi connectivity index (χ0v) is 14.2. The molecule has 1 atom stereocenters. The molecule has 5 nitrogen and oxygen atoms in total. The number of amides is 1. The Morgan fingerprint density at radius 1 is 1.30 bits per heavy atom. The van der Waals surface area contributed by atoms with E-state index in [1.54, 1.807) is 13.8 Å². The summed E-state index contributed by atoms with van der Waals surface area (Å²) >= 11 is 0. The predicted molar refractivity (Wildman–Crippen MR) is 88.7 cm³/mol. The second kappa shape index (κ2) is 7.59. The van der Waals surface area contributed by atoms with Crippen LogP contribution < -0.4 is 5.32 Å². The van der Waals surface area contributed by atoms with Crippen LogP contribution in [0.15, 0.2) is 30.3 Å². The molecule has 1 aromatic rings. The van der Waals surface area contributed by atoms with E-state index in [9.17, 15) is 9.59 Å². The van der Waals surface area contributed by atoms with Gasteiger partial charge in [-0.15, -0.1) is 0 Å². The maximum absolute atomic E-state index is 12.5. The molecular formula is C18H26N2O3. The van der Waals surface area contributed by atoms with Gasteiger partial charge < -0.3 is 10.1 Å². The van der Waals surface area contributed by atoms with Crippen LogP contribution in [-0.4, -0.2) is 42.5 Å². The number of piperidine rings is 1. The van der Waals surface area contributed by atoms with Gasteiger partial charge in [-0.1, -0.05) is 30.3 Å². The number of ether oxygens (including phenoxy) is 1. The number of hydrogen-bond donors (Lipinski definition) is 1. The fourth-order valence-corrected chi connectivity index (χ4v) is 2.97. The zero-order chi connectivity index (χ0) is 16.9. The molecule has 0 aromatic heterocycles. The Hall–Kier alpha value is -1.88. The number of methoxy groups -OCH3 is 1. The van der Waals surface area contributed by atoms with Crippen molar-refractivity contribution in [1.29, 1.82) is 0 Å². The summed E-state index contributed by atoms with van der Waals surface area (Å²) in [5.41, 5.74) is 0.261. The van der Waals surface area contributed by atoms with E-state index in [4.69, 9.17) is 4.74 Å². The summed E-state index contributed by atoms with van der Waals surface area (Å²) in [6.07, 6.45) is 1.85. The van der Waals surface area contributed by atoms with Gasteiger partial charge in [0.15, 0.2) is 0 Å². The number of hydrogen-bond acceptors (Lipinski definition) is 4. The molecule has 23 heavy (non-hydrogen) atoms. The largest absolute Gasteiger partial charge is 0.467 e. The number of nitrogens with one attached hydrogen (secondary N) is 1. The molecule has 1 aliphatic heterocycles. The average molecular weight is 318 g/mol. The van der Waals surface area contributed by atoms with Gasteiger partial charge in [-0.2, -0.15) is 0 Å². The van der Waals surface area contributed by atoms with Crippen molar-refractivity contribution in [2.45, 2.75) is 38.8 Å². The Bertz CT molecular complexity index is 542. The smallest absolute Gasteiger partial charge is 0.330 e. The highest BCUT2D eigenvalue weighted by atomic mass is 16.5. The first-order valence-corrected chi connectivity index (χ1v) is 8.09. The Kier molecular flexibility index (Phi) is 5.77. The van der Waals surface area contributed by atoms with Crippen molar-refractivity contribution < 1.29 is 14.3 Å². The first-order chi connectivity index (χ1) is 10.9. The van der Waals surface area contributed by atoms with Gasteiger partial charge in [0.1, 0.15) is 5.54 Å². The molecule has 1 saturated heterocycles. The molecule has 2 rings (SSSR count). The van der Waals surface area contributed by atoms with Gasteiger partial charge in [-0.25, -0.2) is 4.79 Å². The van der Waals surface area contributed by atoms with Crippen LogP contribution in [0.3, 0.4) is 0 Å². The lowest BCUT2D eigenvalue weighted by Gasteiger charge is -2.34. The Balaban J connectivity index is 1.92. The van der Waals surface area contributed by atoms with Crippen LogP contribution >= 0.6 is 0 Å². The van der Waals surface area contributed by atoms with Crippen LogP contribution in [0, 0.1) is 5.92 Å². The second-order valence-corrected chi connectivity index (χ2v) is 6.67. The van der Waals surface area contributed by atoms with Crippen LogP contribution in [-0.2, 0) is 20.9 Å². The highest BCUT2D eigenvalue weighted by molar-refractivity contribution is 5.88. The van der Waals surface area contributed by atoms with Gasteiger partial charge in [-0.3, -0.25) is 9.69 Å². The molecule has 0 spiro atoms. The lowest BCUT2D eigenvalue weighted by Crippen LogP contribution is -2.54. The van der Waals surface area contributed by atoms with Crippen LogP contribution in [0.4, 0.5) is 0 Å². The zero-order valence-electron chi connectivity index (χ0n) is 14.2. The molecule has 0 saturated carbocycles. The molecule has 1 aliphatic rings. The molecule has 5 heteroatoms. The van der Waals surface area contributed by atoms with Crippen molar-refractivity contribution in [3.05, 3.63) is 35.9 Å². The first-order valence-electron chi connectivity index (χ1n) is 8.09. The van der Waals surface area contributed by atoms with Gasteiger partial charge in [-0.05, 0) is 38.8 Å². The molecule has 0 bridgehead atoms. The minimum Gasteiger partial charge on any atom is -0.467 e. The van der Waals surface area contributed by atoms with Crippen molar-refractivity contribution in [1.82, 2.24) is 10.2 Å². The maximum atomic E-state index is 12.5. The molecule has 1 aromatic carbocycles. The molecule has 1 amide bonds. The van der Waals surface area contributed by atoms with Crippen molar-refractivity contribution in [2.75, 3.05) is 20.2 Å². The van der Waals surface area contributed by atoms with Crippen LogP contribution in [0.1, 0.15) is 32.3 Å². The highest BCUT2D eigenvalue weighted by Crippen LogP contribution is 2.20. The molecule has 126 valence electrons. The quantitative estimate of drug-likeness (QED) is 0.843. The molecule has 0 aliphatic carbocycles. The third-order valence-electron chi connectivity index (χ3n) is 4.26. The number of rotatable bonds is 5. The summed E-state index contributed by atoms with van der Waals surface area (Å²) in [5.74, 6) is -0.586.